The summed E-state index contributed by atoms with van der Waals surface area (Å²) in [6, 6.07) is 3.53. The van der Waals surface area contributed by atoms with Crippen LogP contribution in [0, 0.1) is 5.92 Å². The summed E-state index contributed by atoms with van der Waals surface area (Å²) in [4.78, 5) is 10.6. The van der Waals surface area contributed by atoms with Gasteiger partial charge in [-0.25, -0.2) is 0 Å². The number of carbonyl (C=O) groups excluding carboxylic acids is 1. The number of Topliss-reactive ketones (excluding diaryl/α,β-unsaturated/α-hetero) is 1. The van der Waals surface area contributed by atoms with E-state index in [4.69, 9.17) is 4.74 Å². The minimum Gasteiger partial charge on any atom is -0.476 e. The van der Waals surface area contributed by atoms with Gasteiger partial charge in [-0.15, -0.1) is 5.10 Å². The molecule has 0 spiro atoms. The highest BCUT2D eigenvalue weighted by atomic mass is 16.5. The molecular weight excluding hydrogens is 168 g/mol. The fraction of sp³-hybridized carbons (Fsp3) is 0.444. The van der Waals surface area contributed by atoms with Crippen LogP contribution in [0.15, 0.2) is 18.3 Å². The van der Waals surface area contributed by atoms with Crippen LogP contribution in [0.4, 0.5) is 0 Å². The van der Waals surface area contributed by atoms with Gasteiger partial charge in [-0.05, 0) is 6.07 Å². The van der Waals surface area contributed by atoms with Crippen LogP contribution in [0.2, 0.25) is 0 Å². The smallest absolute Gasteiger partial charge is 0.233 e. The van der Waals surface area contributed by atoms with E-state index in [2.05, 4.69) is 10.2 Å². The van der Waals surface area contributed by atoms with Gasteiger partial charge in [0.2, 0.25) is 5.88 Å². The van der Waals surface area contributed by atoms with E-state index in [1.54, 1.807) is 18.3 Å². The van der Waals surface area contributed by atoms with Gasteiger partial charge in [0.1, 0.15) is 5.78 Å². The Morgan fingerprint density at radius 3 is 3.00 bits per heavy atom. The molecule has 4 heteroatoms. The van der Waals surface area contributed by atoms with E-state index in [1.807, 2.05) is 0 Å². The van der Waals surface area contributed by atoms with Gasteiger partial charge in [-0.3, -0.25) is 4.79 Å². The van der Waals surface area contributed by atoms with Crippen molar-refractivity contribution in [1.29, 1.82) is 0 Å². The molecule has 0 radical (unpaired) electrons. The summed E-state index contributed by atoms with van der Waals surface area (Å²) in [5, 5.41) is 7.45. The number of ketones is 1. The lowest BCUT2D eigenvalue weighted by Gasteiger charge is -2.23. The summed E-state index contributed by atoms with van der Waals surface area (Å²) in [6.07, 6.45) is 2.90. The number of nitrogens with zero attached hydrogens (tertiary/aromatic N) is 2. The van der Waals surface area contributed by atoms with Gasteiger partial charge in [-0.1, -0.05) is 0 Å². The van der Waals surface area contributed by atoms with E-state index < -0.39 is 0 Å². The first-order chi connectivity index (χ1) is 6.34. The second kappa shape index (κ2) is 3.51. The quantitative estimate of drug-likeness (QED) is 0.688. The molecule has 0 aromatic carbocycles. The molecule has 0 N–H and O–H groups in total. The molecule has 1 aromatic heterocycles. The van der Waals surface area contributed by atoms with Crippen molar-refractivity contribution < 1.29 is 9.53 Å². The fourth-order valence-electron chi connectivity index (χ4n) is 1.27. The summed E-state index contributed by atoms with van der Waals surface area (Å²) in [7, 11) is 0. The molecule has 1 heterocycles. The van der Waals surface area contributed by atoms with Gasteiger partial charge in [-0.2, -0.15) is 5.10 Å². The Morgan fingerprint density at radius 1 is 1.54 bits per heavy atom. The minimum absolute atomic E-state index is 0.327. The molecule has 0 amide bonds. The topological polar surface area (TPSA) is 52.1 Å². The fourth-order valence-corrected chi connectivity index (χ4v) is 1.27. The van der Waals surface area contributed by atoms with Gasteiger partial charge in [0.15, 0.2) is 0 Å². The molecule has 1 aliphatic rings. The van der Waals surface area contributed by atoms with Crippen molar-refractivity contribution in [2.45, 2.75) is 12.8 Å². The number of hydrogen-bond donors (Lipinski definition) is 0. The average Bonchev–Trinajstić information content (AvgIpc) is 2.12. The molecular formula is C9H10N2O2. The Bertz CT molecular complexity index is 292. The van der Waals surface area contributed by atoms with Gasteiger partial charge < -0.3 is 4.74 Å². The lowest BCUT2D eigenvalue weighted by molar-refractivity contribution is -0.127. The Morgan fingerprint density at radius 2 is 2.38 bits per heavy atom. The summed E-state index contributed by atoms with van der Waals surface area (Å²) in [5.74, 6) is 1.24. The molecule has 4 nitrogen and oxygen atoms in total. The molecule has 13 heavy (non-hydrogen) atoms. The zero-order chi connectivity index (χ0) is 9.10. The number of ether oxygens (including phenoxy) is 1. The van der Waals surface area contributed by atoms with Gasteiger partial charge in [0.05, 0.1) is 6.61 Å². The lowest BCUT2D eigenvalue weighted by atomic mass is 9.85. The number of carbonyl (C=O) groups is 1. The molecule has 1 aromatic rings. The van der Waals surface area contributed by atoms with Crippen LogP contribution in [0.3, 0.4) is 0 Å². The Hall–Kier alpha value is -1.45. The lowest BCUT2D eigenvalue weighted by Crippen LogP contribution is -2.28. The van der Waals surface area contributed by atoms with Crippen LogP contribution in [-0.2, 0) is 4.79 Å². The highest BCUT2D eigenvalue weighted by molar-refractivity contribution is 5.84. The predicted octanol–water partition coefficient (Wildman–Crippen LogP) is 0.834. The van der Waals surface area contributed by atoms with E-state index >= 15 is 0 Å². The molecule has 1 aliphatic carbocycles. The Balaban J connectivity index is 1.77. The third-order valence-corrected chi connectivity index (χ3v) is 2.05. The van der Waals surface area contributed by atoms with Crippen molar-refractivity contribution in [2.75, 3.05) is 6.61 Å². The van der Waals surface area contributed by atoms with Crippen LogP contribution in [0.1, 0.15) is 12.8 Å². The zero-order valence-corrected chi connectivity index (χ0v) is 7.14. The van der Waals surface area contributed by atoms with Crippen molar-refractivity contribution >= 4 is 5.78 Å². The van der Waals surface area contributed by atoms with Crippen LogP contribution in [0.25, 0.3) is 0 Å². The number of rotatable bonds is 3. The second-order valence-electron chi connectivity index (χ2n) is 3.19. The molecule has 0 unspecified atom stereocenters. The summed E-state index contributed by atoms with van der Waals surface area (Å²) >= 11 is 0. The maximum atomic E-state index is 10.6. The first-order valence-electron chi connectivity index (χ1n) is 4.27. The molecule has 1 saturated carbocycles. The minimum atomic E-state index is 0.327. The SMILES string of the molecule is O=C1CC(COc2cccnn2)C1. The largest absolute Gasteiger partial charge is 0.476 e. The number of hydrogen-bond acceptors (Lipinski definition) is 4. The highest BCUT2D eigenvalue weighted by Gasteiger charge is 2.26. The van der Waals surface area contributed by atoms with E-state index in [9.17, 15) is 4.79 Å². The van der Waals surface area contributed by atoms with Gasteiger partial charge >= 0.3 is 0 Å². The van der Waals surface area contributed by atoms with Crippen molar-refractivity contribution in [1.82, 2.24) is 10.2 Å². The molecule has 0 aliphatic heterocycles. The maximum absolute atomic E-state index is 10.6. The first kappa shape index (κ1) is 8.16. The number of aromatic nitrogens is 2. The normalized spacial score (nSPS) is 16.8. The highest BCUT2D eigenvalue weighted by Crippen LogP contribution is 2.23. The maximum Gasteiger partial charge on any atom is 0.233 e. The van der Waals surface area contributed by atoms with Crippen molar-refractivity contribution in [3.63, 3.8) is 0 Å². The summed E-state index contributed by atoms with van der Waals surface area (Å²) in [6.45, 7) is 0.574. The van der Waals surface area contributed by atoms with Crippen LogP contribution >= 0.6 is 0 Å². The molecule has 0 bridgehead atoms. The van der Waals surface area contributed by atoms with Crippen molar-refractivity contribution in [3.05, 3.63) is 18.3 Å². The van der Waals surface area contributed by atoms with E-state index in [0.717, 1.165) is 0 Å². The molecule has 68 valence electrons. The van der Waals surface area contributed by atoms with E-state index in [0.29, 0.717) is 37.0 Å². The Labute approximate surface area is 75.9 Å². The molecule has 0 saturated heterocycles. The summed E-state index contributed by atoms with van der Waals surface area (Å²) in [5.41, 5.74) is 0. The van der Waals surface area contributed by atoms with Gasteiger partial charge in [0, 0.05) is 31.0 Å². The average molecular weight is 178 g/mol. The third-order valence-electron chi connectivity index (χ3n) is 2.05. The Kier molecular flexibility index (Phi) is 2.21. The summed E-state index contributed by atoms with van der Waals surface area (Å²) < 4.78 is 5.33. The van der Waals surface area contributed by atoms with Crippen molar-refractivity contribution in [3.8, 4) is 5.88 Å². The zero-order valence-electron chi connectivity index (χ0n) is 7.14. The molecule has 1 fully saturated rings. The predicted molar refractivity (Wildman–Crippen MR) is 45.3 cm³/mol. The van der Waals surface area contributed by atoms with Crippen LogP contribution in [0.5, 0.6) is 5.88 Å². The monoisotopic (exact) mass is 178 g/mol. The first-order valence-corrected chi connectivity index (χ1v) is 4.27. The van der Waals surface area contributed by atoms with Crippen molar-refractivity contribution in [2.24, 2.45) is 5.92 Å². The van der Waals surface area contributed by atoms with E-state index in [1.165, 1.54) is 0 Å². The van der Waals surface area contributed by atoms with E-state index in [-0.39, 0.29) is 0 Å². The molecule has 0 atom stereocenters. The third kappa shape index (κ3) is 2.02. The molecule has 2 rings (SSSR count). The standard InChI is InChI=1S/C9H10N2O2/c12-8-4-7(5-8)6-13-9-2-1-3-10-11-9/h1-3,7H,4-6H2. The van der Waals surface area contributed by atoms with Crippen LogP contribution in [-0.4, -0.2) is 22.6 Å². The van der Waals surface area contributed by atoms with Gasteiger partial charge in [0.25, 0.3) is 0 Å². The van der Waals surface area contributed by atoms with Crippen LogP contribution < -0.4 is 4.74 Å². The second-order valence-corrected chi connectivity index (χ2v) is 3.19.